The Kier molecular flexibility index (Phi) is 6.01. The second kappa shape index (κ2) is 7.30. The minimum Gasteiger partial charge on any atom is -0.383 e. The predicted molar refractivity (Wildman–Crippen MR) is 73.5 cm³/mol. The molecule has 0 saturated carbocycles. The van der Waals surface area contributed by atoms with Gasteiger partial charge in [0.15, 0.2) is 0 Å². The molecule has 0 aliphatic carbocycles. The SMILES string of the molecule is COCC(C)N(C)C(C)CNc1ccccc1. The van der Waals surface area contributed by atoms with Crippen molar-refractivity contribution in [2.75, 3.05) is 32.6 Å². The van der Waals surface area contributed by atoms with Crippen LogP contribution in [0.25, 0.3) is 0 Å². The van der Waals surface area contributed by atoms with Crippen LogP contribution in [0.2, 0.25) is 0 Å². The van der Waals surface area contributed by atoms with Crippen LogP contribution >= 0.6 is 0 Å². The number of nitrogens with one attached hydrogen (secondary N) is 1. The molecule has 17 heavy (non-hydrogen) atoms. The Labute approximate surface area is 105 Å². The lowest BCUT2D eigenvalue weighted by Gasteiger charge is -2.30. The maximum absolute atomic E-state index is 5.18. The van der Waals surface area contributed by atoms with E-state index in [1.165, 1.54) is 5.69 Å². The number of hydrogen-bond donors (Lipinski definition) is 1. The number of para-hydroxylation sites is 1. The van der Waals surface area contributed by atoms with E-state index in [9.17, 15) is 0 Å². The Balaban J connectivity index is 2.36. The molecule has 2 atom stereocenters. The van der Waals surface area contributed by atoms with E-state index >= 15 is 0 Å². The molecule has 0 saturated heterocycles. The highest BCUT2D eigenvalue weighted by molar-refractivity contribution is 5.42. The zero-order chi connectivity index (χ0) is 12.7. The lowest BCUT2D eigenvalue weighted by molar-refractivity contribution is 0.0970. The summed E-state index contributed by atoms with van der Waals surface area (Å²) in [5.41, 5.74) is 1.17. The van der Waals surface area contributed by atoms with Crippen molar-refractivity contribution in [3.63, 3.8) is 0 Å². The standard InChI is InChI=1S/C14H24N2O/c1-12(16(3)13(2)11-17-4)10-15-14-8-6-5-7-9-14/h5-9,12-13,15H,10-11H2,1-4H3. The molecule has 0 amide bonds. The van der Waals surface area contributed by atoms with Gasteiger partial charge in [-0.3, -0.25) is 4.90 Å². The van der Waals surface area contributed by atoms with Crippen molar-refractivity contribution in [1.29, 1.82) is 0 Å². The zero-order valence-corrected chi connectivity index (χ0v) is 11.3. The number of likely N-dealkylation sites (N-methyl/N-ethyl adjacent to an activating group) is 1. The van der Waals surface area contributed by atoms with Crippen LogP contribution in [0.1, 0.15) is 13.8 Å². The monoisotopic (exact) mass is 236 g/mol. The van der Waals surface area contributed by atoms with Gasteiger partial charge in [0.05, 0.1) is 6.61 Å². The molecular weight excluding hydrogens is 212 g/mol. The van der Waals surface area contributed by atoms with Gasteiger partial charge in [-0.05, 0) is 33.0 Å². The Morgan fingerprint density at radius 1 is 1.18 bits per heavy atom. The normalized spacial score (nSPS) is 14.6. The minimum atomic E-state index is 0.438. The number of hydrogen-bond acceptors (Lipinski definition) is 3. The van der Waals surface area contributed by atoms with E-state index in [0.717, 1.165) is 13.2 Å². The zero-order valence-electron chi connectivity index (χ0n) is 11.3. The quantitative estimate of drug-likeness (QED) is 0.787. The molecule has 0 bridgehead atoms. The molecule has 1 aromatic rings. The van der Waals surface area contributed by atoms with Crippen LogP contribution in [0.15, 0.2) is 30.3 Å². The van der Waals surface area contributed by atoms with Crippen LogP contribution in [0.5, 0.6) is 0 Å². The van der Waals surface area contributed by atoms with Crippen LogP contribution in [0.3, 0.4) is 0 Å². The van der Waals surface area contributed by atoms with Gasteiger partial charge in [-0.25, -0.2) is 0 Å². The van der Waals surface area contributed by atoms with Crippen molar-refractivity contribution in [3.8, 4) is 0 Å². The molecule has 3 heteroatoms. The number of anilines is 1. The molecule has 1 N–H and O–H groups in total. The summed E-state index contributed by atoms with van der Waals surface area (Å²) in [5, 5.41) is 3.44. The highest BCUT2D eigenvalue weighted by atomic mass is 16.5. The van der Waals surface area contributed by atoms with Crippen molar-refractivity contribution in [2.45, 2.75) is 25.9 Å². The highest BCUT2D eigenvalue weighted by Gasteiger charge is 2.15. The molecule has 0 fully saturated rings. The Morgan fingerprint density at radius 3 is 2.41 bits per heavy atom. The summed E-state index contributed by atoms with van der Waals surface area (Å²) in [6.45, 7) is 6.12. The van der Waals surface area contributed by atoms with E-state index < -0.39 is 0 Å². The molecule has 0 heterocycles. The molecule has 0 aliphatic rings. The van der Waals surface area contributed by atoms with E-state index in [1.54, 1.807) is 7.11 Å². The molecule has 1 aromatic carbocycles. The first-order valence-corrected chi connectivity index (χ1v) is 6.15. The Morgan fingerprint density at radius 2 is 1.82 bits per heavy atom. The van der Waals surface area contributed by atoms with Gasteiger partial charge in [0, 0.05) is 31.4 Å². The maximum atomic E-state index is 5.18. The Bertz CT molecular complexity index is 302. The second-order valence-electron chi connectivity index (χ2n) is 4.57. The number of methoxy groups -OCH3 is 1. The Hall–Kier alpha value is -1.06. The van der Waals surface area contributed by atoms with Crippen LogP contribution in [0.4, 0.5) is 5.69 Å². The average molecular weight is 236 g/mol. The van der Waals surface area contributed by atoms with Gasteiger partial charge in [0.1, 0.15) is 0 Å². The van der Waals surface area contributed by atoms with Gasteiger partial charge in [-0.15, -0.1) is 0 Å². The topological polar surface area (TPSA) is 24.5 Å². The van der Waals surface area contributed by atoms with Crippen LogP contribution in [-0.4, -0.2) is 44.3 Å². The largest absolute Gasteiger partial charge is 0.383 e. The van der Waals surface area contributed by atoms with Crippen molar-refractivity contribution < 1.29 is 4.74 Å². The molecular formula is C14H24N2O. The summed E-state index contributed by atoms with van der Waals surface area (Å²) in [6.07, 6.45) is 0. The maximum Gasteiger partial charge on any atom is 0.0615 e. The first kappa shape index (κ1) is 14.0. The van der Waals surface area contributed by atoms with Gasteiger partial charge in [0.25, 0.3) is 0 Å². The van der Waals surface area contributed by atoms with Crippen molar-refractivity contribution in [2.24, 2.45) is 0 Å². The molecule has 0 aliphatic heterocycles. The second-order valence-corrected chi connectivity index (χ2v) is 4.57. The van der Waals surface area contributed by atoms with Crippen LogP contribution in [-0.2, 0) is 4.74 Å². The fourth-order valence-electron chi connectivity index (χ4n) is 1.76. The van der Waals surface area contributed by atoms with Gasteiger partial charge in [-0.1, -0.05) is 18.2 Å². The summed E-state index contributed by atoms with van der Waals surface area (Å²) in [5.74, 6) is 0. The minimum absolute atomic E-state index is 0.438. The fraction of sp³-hybridized carbons (Fsp3) is 0.571. The van der Waals surface area contributed by atoms with Gasteiger partial charge in [-0.2, -0.15) is 0 Å². The van der Waals surface area contributed by atoms with Crippen molar-refractivity contribution in [3.05, 3.63) is 30.3 Å². The first-order chi connectivity index (χ1) is 8.15. The smallest absolute Gasteiger partial charge is 0.0615 e. The fourth-order valence-corrected chi connectivity index (χ4v) is 1.76. The van der Waals surface area contributed by atoms with E-state index in [-0.39, 0.29) is 0 Å². The summed E-state index contributed by atoms with van der Waals surface area (Å²) < 4.78 is 5.18. The van der Waals surface area contributed by atoms with E-state index in [2.05, 4.69) is 43.2 Å². The number of ether oxygens (including phenoxy) is 1. The van der Waals surface area contributed by atoms with E-state index in [0.29, 0.717) is 12.1 Å². The number of benzene rings is 1. The van der Waals surface area contributed by atoms with E-state index in [1.807, 2.05) is 18.2 Å². The number of nitrogens with zero attached hydrogens (tertiary/aromatic N) is 1. The molecule has 2 unspecified atom stereocenters. The molecule has 0 radical (unpaired) electrons. The van der Waals surface area contributed by atoms with E-state index in [4.69, 9.17) is 4.74 Å². The molecule has 0 aromatic heterocycles. The van der Waals surface area contributed by atoms with Crippen molar-refractivity contribution >= 4 is 5.69 Å². The average Bonchev–Trinajstić information content (AvgIpc) is 2.36. The summed E-state index contributed by atoms with van der Waals surface area (Å²) in [7, 11) is 3.89. The van der Waals surface area contributed by atoms with Crippen LogP contribution < -0.4 is 5.32 Å². The van der Waals surface area contributed by atoms with Gasteiger partial charge in [0.2, 0.25) is 0 Å². The molecule has 0 spiro atoms. The predicted octanol–water partition coefficient (Wildman–Crippen LogP) is 2.45. The lowest BCUT2D eigenvalue weighted by atomic mass is 10.2. The third-order valence-corrected chi connectivity index (χ3v) is 3.17. The summed E-state index contributed by atoms with van der Waals surface area (Å²) >= 11 is 0. The lowest BCUT2D eigenvalue weighted by Crippen LogP contribution is -2.42. The molecule has 96 valence electrons. The highest BCUT2D eigenvalue weighted by Crippen LogP contribution is 2.07. The van der Waals surface area contributed by atoms with Gasteiger partial charge >= 0.3 is 0 Å². The molecule has 3 nitrogen and oxygen atoms in total. The third-order valence-electron chi connectivity index (χ3n) is 3.17. The summed E-state index contributed by atoms with van der Waals surface area (Å²) in [6, 6.07) is 11.2. The molecule has 1 rings (SSSR count). The van der Waals surface area contributed by atoms with Crippen LogP contribution in [0, 0.1) is 0 Å². The van der Waals surface area contributed by atoms with Crippen molar-refractivity contribution in [1.82, 2.24) is 4.90 Å². The first-order valence-electron chi connectivity index (χ1n) is 6.15. The number of rotatable bonds is 7. The third kappa shape index (κ3) is 4.75. The van der Waals surface area contributed by atoms with Gasteiger partial charge < -0.3 is 10.1 Å². The summed E-state index contributed by atoms with van der Waals surface area (Å²) in [4.78, 5) is 2.33.